The Morgan fingerprint density at radius 3 is 2.60 bits per heavy atom. The summed E-state index contributed by atoms with van der Waals surface area (Å²) in [6.07, 6.45) is 0. The molecule has 108 valence electrons. The molecule has 1 aromatic heterocycles. The zero-order valence-electron chi connectivity index (χ0n) is 10.1. The van der Waals surface area contributed by atoms with Crippen LogP contribution in [0.5, 0.6) is 23.3 Å². The van der Waals surface area contributed by atoms with Crippen LogP contribution in [-0.2, 0) is 10.3 Å². The summed E-state index contributed by atoms with van der Waals surface area (Å²) in [5.41, 5.74) is 0.122. The van der Waals surface area contributed by atoms with Crippen LogP contribution in [0, 0.1) is 0 Å². The normalized spacial score (nSPS) is 11.3. The van der Waals surface area contributed by atoms with Crippen molar-refractivity contribution in [1.82, 2.24) is 15.2 Å². The van der Waals surface area contributed by atoms with Crippen LogP contribution in [0.2, 0.25) is 0 Å². The van der Waals surface area contributed by atoms with Crippen molar-refractivity contribution in [1.29, 1.82) is 0 Å². The number of hydrogen-bond donors (Lipinski definition) is 4. The Balaban J connectivity index is 2.42. The molecule has 0 bridgehead atoms. The van der Waals surface area contributed by atoms with Crippen molar-refractivity contribution in [3.8, 4) is 34.6 Å². The zero-order chi connectivity index (χ0) is 14.9. The molecule has 0 fully saturated rings. The van der Waals surface area contributed by atoms with E-state index in [2.05, 4.69) is 24.5 Å². The summed E-state index contributed by atoms with van der Waals surface area (Å²) in [4.78, 5) is 3.69. The number of phenolic OH excluding ortho intramolecular Hbond substituents is 2. The van der Waals surface area contributed by atoms with Crippen LogP contribution in [0.15, 0.2) is 12.1 Å². The first-order valence-corrected chi connectivity index (χ1v) is 6.52. The Kier molecular flexibility index (Phi) is 3.38. The van der Waals surface area contributed by atoms with E-state index in [-0.39, 0.29) is 28.6 Å². The van der Waals surface area contributed by atoms with Gasteiger partial charge >= 0.3 is 16.3 Å². The van der Waals surface area contributed by atoms with E-state index in [4.69, 9.17) is 4.74 Å². The maximum Gasteiger partial charge on any atom is 0.382 e. The molecule has 0 unspecified atom stereocenters. The van der Waals surface area contributed by atoms with Crippen molar-refractivity contribution >= 4 is 10.3 Å². The smallest absolute Gasteiger partial charge is 0.382 e. The van der Waals surface area contributed by atoms with Gasteiger partial charge in [0, 0.05) is 6.07 Å². The van der Waals surface area contributed by atoms with E-state index in [1.807, 2.05) is 0 Å². The third-order valence-corrected chi connectivity index (χ3v) is 2.59. The van der Waals surface area contributed by atoms with Gasteiger partial charge in [0.2, 0.25) is 0 Å². The van der Waals surface area contributed by atoms with Crippen LogP contribution in [0.25, 0.3) is 11.4 Å². The van der Waals surface area contributed by atoms with E-state index in [1.54, 1.807) is 0 Å². The third kappa shape index (κ3) is 2.89. The van der Waals surface area contributed by atoms with Crippen LogP contribution < -0.4 is 14.1 Å². The number of H-pyrrole nitrogens is 1. The summed E-state index contributed by atoms with van der Waals surface area (Å²) >= 11 is 0. The predicted molar refractivity (Wildman–Crippen MR) is 65.4 cm³/mol. The Bertz CT molecular complexity index is 741. The molecule has 20 heavy (non-hydrogen) atoms. The fourth-order valence-electron chi connectivity index (χ4n) is 1.42. The van der Waals surface area contributed by atoms with Crippen molar-refractivity contribution in [3.63, 3.8) is 0 Å². The summed E-state index contributed by atoms with van der Waals surface area (Å²) in [6, 6.07) is 1.79. The molecule has 2 rings (SSSR count). The average Bonchev–Trinajstić information content (AvgIpc) is 2.75. The number of hydrogen-bond acceptors (Lipinski definition) is 8. The molecule has 0 atom stereocenters. The number of aromatic amines is 1. The number of rotatable bonds is 4. The van der Waals surface area contributed by atoms with Crippen LogP contribution in [-0.4, -0.2) is 40.9 Å². The number of aromatic nitrogens is 3. The number of nitrogens with one attached hydrogen (secondary N) is 1. The van der Waals surface area contributed by atoms with E-state index in [1.165, 1.54) is 13.2 Å². The van der Waals surface area contributed by atoms with E-state index >= 15 is 0 Å². The van der Waals surface area contributed by atoms with Crippen LogP contribution in [0.4, 0.5) is 0 Å². The minimum atomic E-state index is -4.25. The zero-order valence-corrected chi connectivity index (χ0v) is 10.9. The van der Waals surface area contributed by atoms with Gasteiger partial charge in [-0.3, -0.25) is 5.10 Å². The lowest BCUT2D eigenvalue weighted by Gasteiger charge is -2.06. The van der Waals surface area contributed by atoms with Crippen molar-refractivity contribution in [2.45, 2.75) is 0 Å². The van der Waals surface area contributed by atoms with Gasteiger partial charge in [0.1, 0.15) is 5.75 Å². The second-order valence-electron chi connectivity index (χ2n) is 3.58. The number of nitrogens with two attached hydrogens (primary N) is 1. The number of aromatic hydroxyl groups is 2. The summed E-state index contributed by atoms with van der Waals surface area (Å²) in [7, 11) is -2.92. The minimum Gasteiger partial charge on any atom is -0.507 e. The first-order valence-electron chi connectivity index (χ1n) is 5.05. The Hall–Kier alpha value is -2.53. The van der Waals surface area contributed by atoms with Gasteiger partial charge in [0.05, 0.1) is 12.7 Å². The second kappa shape index (κ2) is 4.86. The Morgan fingerprint density at radius 1 is 1.30 bits per heavy atom. The first-order chi connectivity index (χ1) is 9.30. The lowest BCUT2D eigenvalue weighted by atomic mass is 10.1. The number of ether oxygens (including phenoxy) is 1. The van der Waals surface area contributed by atoms with Gasteiger partial charge in [0.25, 0.3) is 0 Å². The molecular weight excluding hydrogens is 292 g/mol. The molecule has 11 heteroatoms. The van der Waals surface area contributed by atoms with Gasteiger partial charge in [-0.15, -0.1) is 5.10 Å². The molecule has 0 aliphatic heterocycles. The van der Waals surface area contributed by atoms with Crippen molar-refractivity contribution in [2.75, 3.05) is 7.11 Å². The topological polar surface area (TPSA) is 161 Å². The van der Waals surface area contributed by atoms with Gasteiger partial charge in [-0.2, -0.15) is 18.5 Å². The maximum absolute atomic E-state index is 10.7. The van der Waals surface area contributed by atoms with Gasteiger partial charge in [0.15, 0.2) is 17.3 Å². The summed E-state index contributed by atoms with van der Waals surface area (Å²) in [5.74, 6) is -0.501. The SMILES string of the molecule is COc1cc(-c2nc(OS(N)(=O)=O)n[nH]2)c(O)cc1O. The minimum absolute atomic E-state index is 0.000509. The van der Waals surface area contributed by atoms with Gasteiger partial charge < -0.3 is 19.1 Å². The molecule has 0 aliphatic carbocycles. The van der Waals surface area contributed by atoms with Gasteiger partial charge in [-0.25, -0.2) is 0 Å². The highest BCUT2D eigenvalue weighted by Gasteiger charge is 2.17. The van der Waals surface area contributed by atoms with Crippen LogP contribution in [0.3, 0.4) is 0 Å². The molecule has 0 saturated carbocycles. The van der Waals surface area contributed by atoms with Crippen molar-refractivity contribution in [3.05, 3.63) is 12.1 Å². The number of methoxy groups -OCH3 is 1. The van der Waals surface area contributed by atoms with Crippen molar-refractivity contribution in [2.24, 2.45) is 5.14 Å². The Morgan fingerprint density at radius 2 is 2.00 bits per heavy atom. The fraction of sp³-hybridized carbons (Fsp3) is 0.111. The molecule has 0 radical (unpaired) electrons. The molecule has 0 saturated heterocycles. The van der Waals surface area contributed by atoms with E-state index in [9.17, 15) is 18.6 Å². The fourth-order valence-corrected chi connectivity index (χ4v) is 1.70. The molecular formula is C9H10N4O6S. The monoisotopic (exact) mass is 302 g/mol. The first kappa shape index (κ1) is 13.9. The molecule has 1 aromatic carbocycles. The highest BCUT2D eigenvalue weighted by Crippen LogP contribution is 2.37. The number of nitrogens with zero attached hydrogens (tertiary/aromatic N) is 2. The van der Waals surface area contributed by atoms with Gasteiger partial charge in [-0.05, 0) is 6.07 Å². The quantitative estimate of drug-likeness (QED) is 0.586. The highest BCUT2D eigenvalue weighted by atomic mass is 32.2. The maximum atomic E-state index is 10.7. The second-order valence-corrected chi connectivity index (χ2v) is 4.74. The van der Waals surface area contributed by atoms with Gasteiger partial charge in [-0.1, -0.05) is 0 Å². The standard InChI is InChI=1S/C9H10N4O6S/c1-18-7-2-4(5(14)3-6(7)15)8-11-9(13-12-8)19-20(10,16)17/h2-3,14-15H,1H3,(H2,10,16,17)(H,11,12,13). The molecule has 10 nitrogen and oxygen atoms in total. The molecule has 0 aliphatic rings. The van der Waals surface area contributed by atoms with E-state index < -0.39 is 16.3 Å². The van der Waals surface area contributed by atoms with E-state index in [0.717, 1.165) is 6.07 Å². The average molecular weight is 302 g/mol. The largest absolute Gasteiger partial charge is 0.507 e. The molecule has 1 heterocycles. The lowest BCUT2D eigenvalue weighted by Crippen LogP contribution is -2.19. The van der Waals surface area contributed by atoms with Crippen LogP contribution in [0.1, 0.15) is 0 Å². The predicted octanol–water partition coefficient (Wildman–Crippen LogP) is -0.526. The summed E-state index contributed by atoms with van der Waals surface area (Å²) < 4.78 is 30.6. The summed E-state index contributed by atoms with van der Waals surface area (Å²) in [5, 5.41) is 29.7. The Labute approximate surface area is 113 Å². The molecule has 5 N–H and O–H groups in total. The van der Waals surface area contributed by atoms with Crippen LogP contribution >= 0.6 is 0 Å². The van der Waals surface area contributed by atoms with E-state index in [0.29, 0.717) is 0 Å². The van der Waals surface area contributed by atoms with Crippen molar-refractivity contribution < 1.29 is 27.6 Å². The number of benzene rings is 1. The molecule has 0 amide bonds. The summed E-state index contributed by atoms with van der Waals surface area (Å²) in [6.45, 7) is 0. The molecule has 0 spiro atoms. The highest BCUT2D eigenvalue weighted by molar-refractivity contribution is 7.84. The lowest BCUT2D eigenvalue weighted by molar-refractivity contribution is 0.370. The third-order valence-electron chi connectivity index (χ3n) is 2.21. The molecule has 2 aromatic rings. The number of phenols is 2.